The maximum absolute atomic E-state index is 5.96. The Balaban J connectivity index is 2.42. The minimum absolute atomic E-state index is 0.494. The molecule has 0 saturated carbocycles. The number of anilines is 1. The second kappa shape index (κ2) is 9.46. The second-order valence-corrected chi connectivity index (χ2v) is 6.22. The van der Waals surface area contributed by atoms with Crippen LogP contribution in [0.5, 0.6) is 0 Å². The minimum atomic E-state index is 0.494. The summed E-state index contributed by atoms with van der Waals surface area (Å²) >= 11 is 0. The average molecular weight is 304 g/mol. The smallest absolute Gasteiger partial charge is 0.193 e. The molecule has 0 heterocycles. The van der Waals surface area contributed by atoms with Gasteiger partial charge in [0.15, 0.2) is 5.96 Å². The molecular formula is C18H32N4. The van der Waals surface area contributed by atoms with E-state index >= 15 is 0 Å². The van der Waals surface area contributed by atoms with Gasteiger partial charge in [-0.25, -0.2) is 0 Å². The molecule has 0 atom stereocenters. The summed E-state index contributed by atoms with van der Waals surface area (Å²) in [7, 11) is 0. The van der Waals surface area contributed by atoms with Crippen molar-refractivity contribution < 1.29 is 0 Å². The molecule has 0 bridgehead atoms. The number of aryl methyl sites for hydroxylation is 1. The number of nitrogens with zero attached hydrogens (tertiary/aromatic N) is 2. The van der Waals surface area contributed by atoms with Crippen LogP contribution in [0.3, 0.4) is 0 Å². The zero-order valence-electron chi connectivity index (χ0n) is 14.8. The molecule has 0 radical (unpaired) electrons. The Hall–Kier alpha value is -1.55. The van der Waals surface area contributed by atoms with Gasteiger partial charge >= 0.3 is 0 Å². The largest absolute Gasteiger partial charge is 0.370 e. The number of benzene rings is 1. The Morgan fingerprint density at radius 2 is 1.91 bits per heavy atom. The standard InChI is InChI=1S/C18H32N4/c1-6-16-9-7-10-17(13-16)21-18(19)20-11-8-12-22(14(2)3)15(4)5/h7,9-10,13-15H,6,8,11-12H2,1-5H3,(H3,19,20,21). The summed E-state index contributed by atoms with van der Waals surface area (Å²) in [6, 6.07) is 9.41. The van der Waals surface area contributed by atoms with E-state index in [-0.39, 0.29) is 0 Å². The highest BCUT2D eigenvalue weighted by molar-refractivity contribution is 5.92. The lowest BCUT2D eigenvalue weighted by atomic mass is 10.1. The summed E-state index contributed by atoms with van der Waals surface area (Å²) in [5.41, 5.74) is 8.26. The third kappa shape index (κ3) is 6.48. The molecule has 1 aromatic rings. The molecule has 0 saturated heterocycles. The van der Waals surface area contributed by atoms with E-state index in [9.17, 15) is 0 Å². The Bertz CT molecular complexity index is 458. The van der Waals surface area contributed by atoms with Gasteiger partial charge in [0.1, 0.15) is 0 Å². The van der Waals surface area contributed by atoms with Crippen LogP contribution in [0.1, 0.15) is 46.6 Å². The number of aliphatic imine (C=N–C) groups is 1. The van der Waals surface area contributed by atoms with Crippen LogP contribution in [0.4, 0.5) is 5.69 Å². The first-order chi connectivity index (χ1) is 10.4. The van der Waals surface area contributed by atoms with Crippen LogP contribution in [0.15, 0.2) is 29.3 Å². The van der Waals surface area contributed by atoms with E-state index in [1.54, 1.807) is 0 Å². The molecular weight excluding hydrogens is 272 g/mol. The Labute approximate surface area is 135 Å². The number of nitrogens with one attached hydrogen (secondary N) is 1. The molecule has 3 N–H and O–H groups in total. The predicted molar refractivity (Wildman–Crippen MR) is 97.5 cm³/mol. The summed E-state index contributed by atoms with van der Waals surface area (Å²) in [6.45, 7) is 12.9. The minimum Gasteiger partial charge on any atom is -0.370 e. The molecule has 0 unspecified atom stereocenters. The van der Waals surface area contributed by atoms with Gasteiger partial charge in [0.2, 0.25) is 0 Å². The van der Waals surface area contributed by atoms with Crippen molar-refractivity contribution in [3.05, 3.63) is 29.8 Å². The van der Waals surface area contributed by atoms with Gasteiger partial charge in [0.05, 0.1) is 0 Å². The van der Waals surface area contributed by atoms with E-state index < -0.39 is 0 Å². The normalized spacial score (nSPS) is 12.5. The van der Waals surface area contributed by atoms with Gasteiger partial charge in [-0.3, -0.25) is 9.89 Å². The third-order valence-electron chi connectivity index (χ3n) is 3.79. The molecule has 22 heavy (non-hydrogen) atoms. The summed E-state index contributed by atoms with van der Waals surface area (Å²) in [6.07, 6.45) is 2.04. The number of rotatable bonds is 8. The van der Waals surface area contributed by atoms with Gasteiger partial charge in [0.25, 0.3) is 0 Å². The molecule has 0 amide bonds. The van der Waals surface area contributed by atoms with Crippen molar-refractivity contribution in [3.8, 4) is 0 Å². The van der Waals surface area contributed by atoms with Crippen LogP contribution in [0, 0.1) is 0 Å². The summed E-state index contributed by atoms with van der Waals surface area (Å²) in [5, 5.41) is 3.16. The lowest BCUT2D eigenvalue weighted by molar-refractivity contribution is 0.174. The van der Waals surface area contributed by atoms with Crippen LogP contribution < -0.4 is 11.1 Å². The van der Waals surface area contributed by atoms with Crippen LogP contribution in [0.25, 0.3) is 0 Å². The van der Waals surface area contributed by atoms with Crippen LogP contribution in [-0.2, 0) is 6.42 Å². The van der Waals surface area contributed by atoms with Crippen LogP contribution in [0.2, 0.25) is 0 Å². The van der Waals surface area contributed by atoms with E-state index in [0.29, 0.717) is 18.0 Å². The van der Waals surface area contributed by atoms with Gasteiger partial charge in [0, 0.05) is 30.9 Å². The Morgan fingerprint density at radius 3 is 2.50 bits per heavy atom. The summed E-state index contributed by atoms with van der Waals surface area (Å²) in [4.78, 5) is 6.90. The van der Waals surface area contributed by atoms with Crippen molar-refractivity contribution in [2.75, 3.05) is 18.4 Å². The van der Waals surface area contributed by atoms with Crippen molar-refractivity contribution in [2.24, 2.45) is 10.7 Å². The third-order valence-corrected chi connectivity index (χ3v) is 3.79. The van der Waals surface area contributed by atoms with Crippen molar-refractivity contribution in [1.29, 1.82) is 0 Å². The topological polar surface area (TPSA) is 53.6 Å². The summed E-state index contributed by atoms with van der Waals surface area (Å²) < 4.78 is 0. The average Bonchev–Trinajstić information content (AvgIpc) is 2.46. The number of guanidine groups is 1. The van der Waals surface area contributed by atoms with E-state index in [1.807, 2.05) is 12.1 Å². The lowest BCUT2D eigenvalue weighted by Crippen LogP contribution is -2.38. The van der Waals surface area contributed by atoms with Crippen LogP contribution >= 0.6 is 0 Å². The SMILES string of the molecule is CCc1cccc(NC(N)=NCCCN(C(C)C)C(C)C)c1. The first-order valence-electron chi connectivity index (χ1n) is 8.35. The van der Waals surface area contributed by atoms with Crippen molar-refractivity contribution in [2.45, 2.75) is 59.5 Å². The first kappa shape index (κ1) is 18.5. The molecule has 1 rings (SSSR count). The molecule has 0 spiro atoms. The molecule has 0 aliphatic carbocycles. The highest BCUT2D eigenvalue weighted by Crippen LogP contribution is 2.10. The monoisotopic (exact) mass is 304 g/mol. The van der Waals surface area contributed by atoms with Crippen molar-refractivity contribution in [3.63, 3.8) is 0 Å². The molecule has 0 aliphatic rings. The zero-order chi connectivity index (χ0) is 16.5. The molecule has 0 fully saturated rings. The zero-order valence-corrected chi connectivity index (χ0v) is 14.8. The van der Waals surface area contributed by atoms with Gasteiger partial charge in [-0.15, -0.1) is 0 Å². The van der Waals surface area contributed by atoms with E-state index in [2.05, 4.69) is 62.0 Å². The maximum atomic E-state index is 5.96. The predicted octanol–water partition coefficient (Wildman–Crippen LogP) is 3.48. The maximum Gasteiger partial charge on any atom is 0.193 e. The molecule has 0 aromatic heterocycles. The van der Waals surface area contributed by atoms with Gasteiger partial charge in [-0.2, -0.15) is 0 Å². The van der Waals surface area contributed by atoms with E-state index in [0.717, 1.165) is 31.6 Å². The number of hydrogen-bond donors (Lipinski definition) is 2. The molecule has 1 aromatic carbocycles. The Kier molecular flexibility index (Phi) is 7.96. The van der Waals surface area contributed by atoms with Gasteiger partial charge < -0.3 is 11.1 Å². The molecule has 124 valence electrons. The highest BCUT2D eigenvalue weighted by atomic mass is 15.2. The van der Waals surface area contributed by atoms with Crippen LogP contribution in [-0.4, -0.2) is 36.0 Å². The fraction of sp³-hybridized carbons (Fsp3) is 0.611. The fourth-order valence-corrected chi connectivity index (χ4v) is 2.62. The van der Waals surface area contributed by atoms with Gasteiger partial charge in [-0.1, -0.05) is 19.1 Å². The molecule has 0 aliphatic heterocycles. The lowest BCUT2D eigenvalue weighted by Gasteiger charge is -2.30. The molecule has 4 nitrogen and oxygen atoms in total. The molecule has 4 heteroatoms. The van der Waals surface area contributed by atoms with E-state index in [4.69, 9.17) is 5.73 Å². The van der Waals surface area contributed by atoms with Gasteiger partial charge in [-0.05, 0) is 58.2 Å². The second-order valence-electron chi connectivity index (χ2n) is 6.22. The first-order valence-corrected chi connectivity index (χ1v) is 8.35. The number of hydrogen-bond acceptors (Lipinski definition) is 2. The fourth-order valence-electron chi connectivity index (χ4n) is 2.62. The quantitative estimate of drug-likeness (QED) is 0.439. The summed E-state index contributed by atoms with van der Waals surface area (Å²) in [5.74, 6) is 0.494. The number of nitrogens with two attached hydrogens (primary N) is 1. The van der Waals surface area contributed by atoms with Crippen molar-refractivity contribution >= 4 is 11.6 Å². The highest BCUT2D eigenvalue weighted by Gasteiger charge is 2.11. The van der Waals surface area contributed by atoms with Crippen molar-refractivity contribution in [1.82, 2.24) is 4.90 Å². The van der Waals surface area contributed by atoms with E-state index in [1.165, 1.54) is 5.56 Å². The Morgan fingerprint density at radius 1 is 1.23 bits per heavy atom.